The predicted octanol–water partition coefficient (Wildman–Crippen LogP) is 4.34. The van der Waals surface area contributed by atoms with Crippen molar-refractivity contribution in [1.29, 1.82) is 0 Å². The molecule has 0 radical (unpaired) electrons. The van der Waals surface area contributed by atoms with Crippen LogP contribution < -0.4 is 5.73 Å². The molecule has 0 unspecified atom stereocenters. The van der Waals surface area contributed by atoms with Crippen LogP contribution in [0.3, 0.4) is 0 Å². The Kier molecular flexibility index (Phi) is 3.07. The van der Waals surface area contributed by atoms with Crippen LogP contribution in [0, 0.1) is 6.92 Å². The third-order valence-electron chi connectivity index (χ3n) is 3.35. The molecule has 0 spiro atoms. The number of anilines is 1. The Morgan fingerprint density at radius 1 is 1.11 bits per heavy atom. The van der Waals surface area contributed by atoms with E-state index in [1.807, 2.05) is 12.1 Å². The third kappa shape index (κ3) is 2.38. The number of nitrogen functional groups attached to an aromatic ring is 1. The quantitative estimate of drug-likeness (QED) is 0.701. The lowest BCUT2D eigenvalue weighted by atomic mass is 10.2. The van der Waals surface area contributed by atoms with Gasteiger partial charge in [0.25, 0.3) is 0 Å². The van der Waals surface area contributed by atoms with Crippen molar-refractivity contribution in [3.63, 3.8) is 0 Å². The monoisotopic (exact) mass is 314 g/mol. The van der Waals surface area contributed by atoms with Gasteiger partial charge < -0.3 is 10.3 Å². The molecule has 19 heavy (non-hydrogen) atoms. The van der Waals surface area contributed by atoms with Gasteiger partial charge in [0, 0.05) is 28.4 Å². The highest BCUT2D eigenvalue weighted by Gasteiger charge is 2.05. The van der Waals surface area contributed by atoms with Crippen LogP contribution >= 0.6 is 15.9 Å². The van der Waals surface area contributed by atoms with Gasteiger partial charge in [-0.25, -0.2) is 0 Å². The van der Waals surface area contributed by atoms with Crippen LogP contribution in [-0.2, 0) is 6.54 Å². The number of rotatable bonds is 2. The highest BCUT2D eigenvalue weighted by molar-refractivity contribution is 9.10. The Labute approximate surface area is 121 Å². The summed E-state index contributed by atoms with van der Waals surface area (Å²) in [5.74, 6) is 0. The van der Waals surface area contributed by atoms with Gasteiger partial charge in [-0.1, -0.05) is 34.1 Å². The van der Waals surface area contributed by atoms with Crippen LogP contribution in [0.15, 0.2) is 53.1 Å². The SMILES string of the molecule is Cc1ccc2ccn(Cc3ccc(N)cc3Br)c2c1. The summed E-state index contributed by atoms with van der Waals surface area (Å²) in [6, 6.07) is 14.6. The van der Waals surface area contributed by atoms with Crippen LogP contribution in [0.1, 0.15) is 11.1 Å². The van der Waals surface area contributed by atoms with Gasteiger partial charge in [0.05, 0.1) is 0 Å². The molecule has 3 rings (SSSR count). The lowest BCUT2D eigenvalue weighted by Crippen LogP contribution is -1.99. The fraction of sp³-hybridized carbons (Fsp3) is 0.125. The number of halogens is 1. The first-order valence-corrected chi connectivity index (χ1v) is 7.02. The molecule has 0 aliphatic heterocycles. The molecule has 3 aromatic rings. The zero-order chi connectivity index (χ0) is 13.4. The standard InChI is InChI=1S/C16H15BrN2/c1-11-2-3-12-6-7-19(16(12)8-11)10-13-4-5-14(18)9-15(13)17/h2-9H,10,18H2,1H3. The lowest BCUT2D eigenvalue weighted by Gasteiger charge is -2.09. The molecule has 0 bridgehead atoms. The molecule has 1 aromatic heterocycles. The van der Waals surface area contributed by atoms with Gasteiger partial charge in [-0.15, -0.1) is 0 Å². The van der Waals surface area contributed by atoms with Crippen molar-refractivity contribution in [3.05, 3.63) is 64.3 Å². The van der Waals surface area contributed by atoms with Gasteiger partial charge in [0.2, 0.25) is 0 Å². The second-order valence-corrected chi connectivity index (χ2v) is 5.71. The minimum Gasteiger partial charge on any atom is -0.399 e. The Balaban J connectivity index is 2.03. The fourth-order valence-corrected chi connectivity index (χ4v) is 2.83. The summed E-state index contributed by atoms with van der Waals surface area (Å²) in [6.45, 7) is 2.96. The van der Waals surface area contributed by atoms with E-state index < -0.39 is 0 Å². The maximum Gasteiger partial charge on any atom is 0.0487 e. The highest BCUT2D eigenvalue weighted by atomic mass is 79.9. The first-order valence-electron chi connectivity index (χ1n) is 6.23. The molecule has 0 aliphatic carbocycles. The highest BCUT2D eigenvalue weighted by Crippen LogP contribution is 2.24. The number of hydrogen-bond acceptors (Lipinski definition) is 1. The second-order valence-electron chi connectivity index (χ2n) is 4.86. The van der Waals surface area contributed by atoms with Gasteiger partial charge in [-0.3, -0.25) is 0 Å². The molecule has 0 aliphatic rings. The number of fused-ring (bicyclic) bond motifs is 1. The molecular formula is C16H15BrN2. The molecule has 0 saturated heterocycles. The zero-order valence-electron chi connectivity index (χ0n) is 10.7. The van der Waals surface area contributed by atoms with Gasteiger partial charge in [-0.05, 0) is 47.7 Å². The van der Waals surface area contributed by atoms with E-state index in [1.165, 1.54) is 22.0 Å². The van der Waals surface area contributed by atoms with Gasteiger partial charge in [-0.2, -0.15) is 0 Å². The Morgan fingerprint density at radius 3 is 2.74 bits per heavy atom. The molecule has 0 atom stereocenters. The Hall–Kier alpha value is -1.74. The molecule has 0 saturated carbocycles. The number of nitrogens with zero attached hydrogens (tertiary/aromatic N) is 1. The smallest absolute Gasteiger partial charge is 0.0487 e. The van der Waals surface area contributed by atoms with Gasteiger partial charge in [0.1, 0.15) is 0 Å². The molecule has 1 heterocycles. The van der Waals surface area contributed by atoms with Crippen LogP contribution in [0.5, 0.6) is 0 Å². The van der Waals surface area contributed by atoms with E-state index >= 15 is 0 Å². The normalized spacial score (nSPS) is 11.1. The first kappa shape index (κ1) is 12.3. The van der Waals surface area contributed by atoms with Crippen molar-refractivity contribution in [2.45, 2.75) is 13.5 Å². The summed E-state index contributed by atoms with van der Waals surface area (Å²) in [4.78, 5) is 0. The van der Waals surface area contributed by atoms with Crippen LogP contribution in [0.4, 0.5) is 5.69 Å². The van der Waals surface area contributed by atoms with Crippen LogP contribution in [-0.4, -0.2) is 4.57 Å². The summed E-state index contributed by atoms with van der Waals surface area (Å²) < 4.78 is 3.32. The number of aryl methyl sites for hydroxylation is 1. The Morgan fingerprint density at radius 2 is 1.95 bits per heavy atom. The van der Waals surface area contributed by atoms with Crippen molar-refractivity contribution in [1.82, 2.24) is 4.57 Å². The molecule has 2 aromatic carbocycles. The average molecular weight is 315 g/mol. The number of aromatic nitrogens is 1. The summed E-state index contributed by atoms with van der Waals surface area (Å²) in [6.07, 6.45) is 2.13. The van der Waals surface area contributed by atoms with Crippen molar-refractivity contribution in [2.75, 3.05) is 5.73 Å². The van der Waals surface area contributed by atoms with E-state index in [4.69, 9.17) is 5.73 Å². The van der Waals surface area contributed by atoms with Crippen molar-refractivity contribution >= 4 is 32.5 Å². The Bertz CT molecular complexity index is 744. The third-order valence-corrected chi connectivity index (χ3v) is 4.09. The number of hydrogen-bond donors (Lipinski definition) is 1. The molecule has 0 amide bonds. The van der Waals surface area contributed by atoms with E-state index in [-0.39, 0.29) is 0 Å². The second kappa shape index (κ2) is 4.74. The van der Waals surface area contributed by atoms with E-state index in [1.54, 1.807) is 0 Å². The molecule has 0 fully saturated rings. The van der Waals surface area contributed by atoms with E-state index in [0.29, 0.717) is 0 Å². The largest absolute Gasteiger partial charge is 0.399 e. The predicted molar refractivity (Wildman–Crippen MR) is 84.3 cm³/mol. The zero-order valence-corrected chi connectivity index (χ0v) is 12.3. The molecule has 2 N–H and O–H groups in total. The summed E-state index contributed by atoms with van der Waals surface area (Å²) in [7, 11) is 0. The maximum absolute atomic E-state index is 5.77. The first-order chi connectivity index (χ1) is 9.13. The van der Waals surface area contributed by atoms with Gasteiger partial charge >= 0.3 is 0 Å². The van der Waals surface area contributed by atoms with E-state index in [2.05, 4.69) is 63.9 Å². The lowest BCUT2D eigenvalue weighted by molar-refractivity contribution is 0.833. The minimum atomic E-state index is 0.781. The fourth-order valence-electron chi connectivity index (χ4n) is 2.31. The topological polar surface area (TPSA) is 30.9 Å². The molecule has 3 heteroatoms. The minimum absolute atomic E-state index is 0.781. The maximum atomic E-state index is 5.77. The van der Waals surface area contributed by atoms with Crippen molar-refractivity contribution < 1.29 is 0 Å². The van der Waals surface area contributed by atoms with Crippen molar-refractivity contribution in [3.8, 4) is 0 Å². The van der Waals surface area contributed by atoms with E-state index in [0.717, 1.165) is 16.7 Å². The average Bonchev–Trinajstić information content (AvgIpc) is 2.75. The van der Waals surface area contributed by atoms with Crippen LogP contribution in [0.25, 0.3) is 10.9 Å². The number of benzene rings is 2. The van der Waals surface area contributed by atoms with Crippen LogP contribution in [0.2, 0.25) is 0 Å². The summed E-state index contributed by atoms with van der Waals surface area (Å²) >= 11 is 3.58. The molecular weight excluding hydrogens is 300 g/mol. The number of nitrogens with two attached hydrogens (primary N) is 1. The van der Waals surface area contributed by atoms with Gasteiger partial charge in [0.15, 0.2) is 0 Å². The van der Waals surface area contributed by atoms with E-state index in [9.17, 15) is 0 Å². The van der Waals surface area contributed by atoms with Crippen molar-refractivity contribution in [2.24, 2.45) is 0 Å². The molecule has 96 valence electrons. The summed E-state index contributed by atoms with van der Waals surface area (Å²) in [5.41, 5.74) is 10.3. The summed E-state index contributed by atoms with van der Waals surface area (Å²) in [5, 5.41) is 1.28. The molecule has 2 nitrogen and oxygen atoms in total.